The van der Waals surface area contributed by atoms with Gasteiger partial charge in [-0.2, -0.15) is 0 Å². The summed E-state index contributed by atoms with van der Waals surface area (Å²) < 4.78 is 2.43. The van der Waals surface area contributed by atoms with Crippen molar-refractivity contribution in [3.05, 3.63) is 94.4 Å². The molecule has 4 heteroatoms. The summed E-state index contributed by atoms with van der Waals surface area (Å²) in [4.78, 5) is 9.99. The Morgan fingerprint density at radius 2 is 1.08 bits per heavy atom. The van der Waals surface area contributed by atoms with Crippen molar-refractivity contribution in [3.63, 3.8) is 0 Å². The smallest absolute Gasteiger partial charge is 0.111 e. The zero-order chi connectivity index (χ0) is 17.6. The van der Waals surface area contributed by atoms with Gasteiger partial charge in [-0.25, -0.2) is 9.97 Å². The van der Waals surface area contributed by atoms with Crippen LogP contribution in [0.2, 0.25) is 0 Å². The molecule has 0 N–H and O–H groups in total. The van der Waals surface area contributed by atoms with Crippen molar-refractivity contribution in [1.29, 1.82) is 0 Å². The molecule has 2 heterocycles. The minimum atomic E-state index is -0.366. The van der Waals surface area contributed by atoms with E-state index in [4.69, 9.17) is 9.97 Å². The standard InChI is InChI=1S/C22H16N2S2/c1-22(15-9-3-2-4-10-15,20-23-16-11-5-7-13-18(16)25-20)21-24-17-12-6-8-14-19(17)26-21/h2-14H,1H3. The predicted octanol–water partition coefficient (Wildman–Crippen LogP) is 6.26. The van der Waals surface area contributed by atoms with Crippen molar-refractivity contribution in [3.8, 4) is 0 Å². The van der Waals surface area contributed by atoms with Crippen LogP contribution >= 0.6 is 22.7 Å². The molecule has 0 bridgehead atoms. The average molecular weight is 373 g/mol. The highest BCUT2D eigenvalue weighted by Gasteiger charge is 2.37. The number of rotatable bonds is 3. The highest BCUT2D eigenvalue weighted by Crippen LogP contribution is 2.44. The number of benzene rings is 3. The van der Waals surface area contributed by atoms with Crippen LogP contribution in [-0.4, -0.2) is 9.97 Å². The second kappa shape index (κ2) is 6.01. The maximum atomic E-state index is 4.99. The molecule has 0 saturated heterocycles. The van der Waals surface area contributed by atoms with Crippen LogP contribution in [0.25, 0.3) is 20.4 Å². The van der Waals surface area contributed by atoms with E-state index in [1.807, 2.05) is 12.1 Å². The maximum absolute atomic E-state index is 4.99. The number of para-hydroxylation sites is 2. The number of nitrogens with zero attached hydrogens (tertiary/aromatic N) is 2. The fourth-order valence-corrected chi connectivity index (χ4v) is 5.62. The highest BCUT2D eigenvalue weighted by molar-refractivity contribution is 7.20. The number of hydrogen-bond acceptors (Lipinski definition) is 4. The quantitative estimate of drug-likeness (QED) is 0.373. The van der Waals surface area contributed by atoms with Crippen LogP contribution < -0.4 is 0 Å². The Morgan fingerprint density at radius 3 is 1.58 bits per heavy atom. The van der Waals surface area contributed by atoms with Crippen LogP contribution in [0.1, 0.15) is 22.5 Å². The van der Waals surface area contributed by atoms with Crippen LogP contribution in [0.4, 0.5) is 0 Å². The topological polar surface area (TPSA) is 25.8 Å². The van der Waals surface area contributed by atoms with Gasteiger partial charge < -0.3 is 0 Å². The molecule has 0 aliphatic rings. The molecule has 0 atom stereocenters. The Kier molecular flexibility index (Phi) is 3.62. The average Bonchev–Trinajstić information content (AvgIpc) is 3.32. The monoisotopic (exact) mass is 372 g/mol. The van der Waals surface area contributed by atoms with Crippen LogP contribution in [-0.2, 0) is 5.41 Å². The zero-order valence-corrected chi connectivity index (χ0v) is 15.8. The van der Waals surface area contributed by atoms with Crippen molar-refractivity contribution in [2.24, 2.45) is 0 Å². The molecule has 0 unspecified atom stereocenters. The predicted molar refractivity (Wildman–Crippen MR) is 111 cm³/mol. The number of aromatic nitrogens is 2. The third-order valence-corrected chi connectivity index (χ3v) is 7.31. The van der Waals surface area contributed by atoms with Crippen molar-refractivity contribution in [2.45, 2.75) is 12.3 Å². The van der Waals surface area contributed by atoms with Gasteiger partial charge in [-0.05, 0) is 36.8 Å². The number of fused-ring (bicyclic) bond motifs is 2. The Hall–Kier alpha value is -2.56. The molecule has 26 heavy (non-hydrogen) atoms. The van der Waals surface area contributed by atoms with Crippen molar-refractivity contribution >= 4 is 43.1 Å². The van der Waals surface area contributed by atoms with Gasteiger partial charge in [0.05, 0.1) is 25.8 Å². The van der Waals surface area contributed by atoms with Gasteiger partial charge in [0, 0.05) is 0 Å². The van der Waals surface area contributed by atoms with Crippen LogP contribution in [0, 0.1) is 0 Å². The Bertz CT molecular complexity index is 1060. The largest absolute Gasteiger partial charge is 0.240 e. The van der Waals surface area contributed by atoms with Gasteiger partial charge >= 0.3 is 0 Å². The minimum absolute atomic E-state index is 0.366. The number of hydrogen-bond donors (Lipinski definition) is 0. The first-order valence-corrected chi connectivity index (χ1v) is 10.2. The van der Waals surface area contributed by atoms with E-state index < -0.39 is 0 Å². The molecule has 2 nitrogen and oxygen atoms in total. The summed E-state index contributed by atoms with van der Waals surface area (Å²) in [5, 5.41) is 2.17. The molecule has 0 amide bonds. The summed E-state index contributed by atoms with van der Waals surface area (Å²) in [7, 11) is 0. The van der Waals surface area contributed by atoms with Crippen LogP contribution in [0.5, 0.6) is 0 Å². The van der Waals surface area contributed by atoms with Crippen molar-refractivity contribution in [2.75, 3.05) is 0 Å². The van der Waals surface area contributed by atoms with Gasteiger partial charge in [-0.1, -0.05) is 54.6 Å². The summed E-state index contributed by atoms with van der Waals surface area (Å²) in [6, 6.07) is 27.3. The van der Waals surface area contributed by atoms with E-state index in [-0.39, 0.29) is 5.41 Å². The molecule has 0 fully saturated rings. The highest BCUT2D eigenvalue weighted by atomic mass is 32.1. The Labute approximate surface area is 159 Å². The fourth-order valence-electron chi connectivity index (χ4n) is 3.28. The van der Waals surface area contributed by atoms with Gasteiger partial charge in [0.1, 0.15) is 10.0 Å². The zero-order valence-electron chi connectivity index (χ0n) is 14.2. The lowest BCUT2D eigenvalue weighted by Crippen LogP contribution is -2.24. The summed E-state index contributed by atoms with van der Waals surface area (Å²) in [6.45, 7) is 2.25. The molecule has 5 aromatic rings. The molecule has 5 rings (SSSR count). The molecule has 0 aliphatic carbocycles. The molecule has 126 valence electrons. The first kappa shape index (κ1) is 15.7. The van der Waals surface area contributed by atoms with E-state index in [9.17, 15) is 0 Å². The maximum Gasteiger partial charge on any atom is 0.111 e. The van der Waals surface area contributed by atoms with Gasteiger partial charge in [-0.3, -0.25) is 0 Å². The van der Waals surface area contributed by atoms with E-state index in [0.29, 0.717) is 0 Å². The third kappa shape index (κ3) is 2.37. The molecular formula is C22H16N2S2. The molecular weight excluding hydrogens is 356 g/mol. The lowest BCUT2D eigenvalue weighted by molar-refractivity contribution is 0.683. The van der Waals surface area contributed by atoms with Gasteiger partial charge in [-0.15, -0.1) is 22.7 Å². The molecule has 2 aromatic heterocycles. The molecule has 3 aromatic carbocycles. The molecule has 0 radical (unpaired) electrons. The normalized spacial score (nSPS) is 12.0. The van der Waals surface area contributed by atoms with E-state index in [0.717, 1.165) is 21.0 Å². The van der Waals surface area contributed by atoms with Crippen molar-refractivity contribution in [1.82, 2.24) is 9.97 Å². The van der Waals surface area contributed by atoms with E-state index in [1.165, 1.54) is 15.0 Å². The van der Waals surface area contributed by atoms with Crippen LogP contribution in [0.3, 0.4) is 0 Å². The SMILES string of the molecule is CC(c1ccccc1)(c1nc2ccccc2s1)c1nc2ccccc2s1. The minimum Gasteiger partial charge on any atom is -0.240 e. The van der Waals surface area contributed by atoms with E-state index in [1.54, 1.807) is 22.7 Å². The van der Waals surface area contributed by atoms with Gasteiger partial charge in [0.2, 0.25) is 0 Å². The first-order chi connectivity index (χ1) is 12.7. The van der Waals surface area contributed by atoms with E-state index >= 15 is 0 Å². The lowest BCUT2D eigenvalue weighted by atomic mass is 9.83. The number of thiazole rings is 2. The summed E-state index contributed by atoms with van der Waals surface area (Å²) in [5.74, 6) is 0. The lowest BCUT2D eigenvalue weighted by Gasteiger charge is -2.25. The second-order valence-electron chi connectivity index (χ2n) is 6.46. The van der Waals surface area contributed by atoms with E-state index in [2.05, 4.69) is 73.7 Å². The van der Waals surface area contributed by atoms with Gasteiger partial charge in [0.25, 0.3) is 0 Å². The summed E-state index contributed by atoms with van der Waals surface area (Å²) in [5.41, 5.74) is 2.96. The molecule has 0 aliphatic heterocycles. The van der Waals surface area contributed by atoms with Crippen molar-refractivity contribution < 1.29 is 0 Å². The Balaban J connectivity index is 1.80. The molecule has 0 saturated carbocycles. The van der Waals surface area contributed by atoms with Gasteiger partial charge in [0.15, 0.2) is 0 Å². The summed E-state index contributed by atoms with van der Waals surface area (Å²) in [6.07, 6.45) is 0. The van der Waals surface area contributed by atoms with Crippen LogP contribution in [0.15, 0.2) is 78.9 Å². The first-order valence-electron chi connectivity index (χ1n) is 8.53. The third-order valence-electron chi connectivity index (χ3n) is 4.79. The molecule has 0 spiro atoms. The fraction of sp³-hybridized carbons (Fsp3) is 0.0909. The second-order valence-corrected chi connectivity index (χ2v) is 8.53. The summed E-state index contributed by atoms with van der Waals surface area (Å²) >= 11 is 3.52. The Morgan fingerprint density at radius 1 is 0.615 bits per heavy atom.